The van der Waals surface area contributed by atoms with E-state index in [1.807, 2.05) is 42.5 Å². The summed E-state index contributed by atoms with van der Waals surface area (Å²) < 4.78 is 8.35. The van der Waals surface area contributed by atoms with Crippen LogP contribution in [0.25, 0.3) is 33.2 Å². The number of hydrogen-bond acceptors (Lipinski definition) is 11. The first kappa shape index (κ1) is 42.9. The molecule has 2 aliphatic carbocycles. The van der Waals surface area contributed by atoms with Gasteiger partial charge in [0.25, 0.3) is 17.7 Å². The van der Waals surface area contributed by atoms with Crippen LogP contribution in [0.1, 0.15) is 82.0 Å². The van der Waals surface area contributed by atoms with Gasteiger partial charge in [-0.15, -0.1) is 0 Å². The third-order valence-corrected chi connectivity index (χ3v) is 12.3. The predicted molar refractivity (Wildman–Crippen MR) is 239 cm³/mol. The molecule has 0 unspecified atom stereocenters. The molecule has 0 radical (unpaired) electrons. The van der Waals surface area contributed by atoms with Gasteiger partial charge in [0, 0.05) is 63.5 Å². The molecule has 16 nitrogen and oxygen atoms in total. The maximum Gasteiger partial charge on any atom is 0.359 e. The van der Waals surface area contributed by atoms with Gasteiger partial charge in [-0.1, -0.05) is 35.8 Å². The van der Waals surface area contributed by atoms with Gasteiger partial charge in [-0.25, -0.2) is 14.2 Å². The average molecular weight is 874 g/mol. The number of esters is 1. The monoisotopic (exact) mass is 873 g/mol. The van der Waals surface area contributed by atoms with Crippen molar-refractivity contribution in [3.8, 4) is 35.1 Å². The molecule has 65 heavy (non-hydrogen) atoms. The molecule has 2 aliphatic heterocycles. The Bertz CT molecular complexity index is 3050. The minimum absolute atomic E-state index is 0.203. The predicted octanol–water partition coefficient (Wildman–Crippen LogP) is 3.52. The molecule has 330 valence electrons. The number of carbonyl (C=O) groups is 4. The van der Waals surface area contributed by atoms with Crippen LogP contribution >= 0.6 is 0 Å². The van der Waals surface area contributed by atoms with E-state index < -0.39 is 23.1 Å². The van der Waals surface area contributed by atoms with Gasteiger partial charge in [0.15, 0.2) is 11.4 Å². The molecule has 10 rings (SSSR count). The quantitative estimate of drug-likeness (QED) is 0.149. The summed E-state index contributed by atoms with van der Waals surface area (Å²) in [6.07, 6.45) is 10.3. The van der Waals surface area contributed by atoms with Gasteiger partial charge in [0.2, 0.25) is 11.2 Å². The molecule has 6 heterocycles. The lowest BCUT2D eigenvalue weighted by atomic mass is 10.0. The number of carbonyl (C=O) groups excluding carboxylic acids is 4. The zero-order valence-electron chi connectivity index (χ0n) is 36.2. The molecule has 2 saturated carbocycles. The first-order valence-electron chi connectivity index (χ1n) is 21.6. The molecule has 3 amide bonds. The Hall–Kier alpha value is -7.40. The van der Waals surface area contributed by atoms with E-state index in [2.05, 4.69) is 43.8 Å². The van der Waals surface area contributed by atoms with Gasteiger partial charge in [-0.3, -0.25) is 24.4 Å². The van der Waals surface area contributed by atoms with Crippen molar-refractivity contribution in [1.29, 1.82) is 0 Å². The number of benzene rings is 2. The molecule has 0 spiro atoms. The fraction of sp³-hybridized carbons (Fsp3) is 0.347. The van der Waals surface area contributed by atoms with Crippen LogP contribution in [-0.2, 0) is 27.2 Å². The van der Waals surface area contributed by atoms with Crippen LogP contribution in [0.3, 0.4) is 0 Å². The summed E-state index contributed by atoms with van der Waals surface area (Å²) in [5, 5.41) is 31.6. The highest BCUT2D eigenvalue weighted by Gasteiger charge is 2.43. The van der Waals surface area contributed by atoms with Crippen molar-refractivity contribution in [2.75, 3.05) is 34.3 Å². The van der Waals surface area contributed by atoms with Gasteiger partial charge >= 0.3 is 5.97 Å². The summed E-state index contributed by atoms with van der Waals surface area (Å²) in [5.74, 6) is 10.6. The summed E-state index contributed by atoms with van der Waals surface area (Å²) in [6, 6.07) is 18.2. The van der Waals surface area contributed by atoms with Crippen molar-refractivity contribution in [1.82, 2.24) is 39.3 Å². The number of ether oxygens (including phenoxy) is 1. The number of aliphatic hydroxyl groups is 2. The number of primary amides is 1. The molecule has 2 atom stereocenters. The highest BCUT2D eigenvalue weighted by atomic mass is 16.5. The van der Waals surface area contributed by atoms with Crippen molar-refractivity contribution < 1.29 is 34.1 Å². The summed E-state index contributed by atoms with van der Waals surface area (Å²) in [6.45, 7) is 0.938. The topological polar surface area (TPSA) is 212 Å². The van der Waals surface area contributed by atoms with Crippen LogP contribution in [0.15, 0.2) is 73.1 Å². The number of rotatable bonds is 8. The summed E-state index contributed by atoms with van der Waals surface area (Å²) in [4.78, 5) is 61.0. The first-order valence-corrected chi connectivity index (χ1v) is 21.6. The molecule has 2 aromatic carbocycles. The highest BCUT2D eigenvalue weighted by Crippen LogP contribution is 2.37. The maximum atomic E-state index is 12.5. The van der Waals surface area contributed by atoms with Crippen molar-refractivity contribution in [3.63, 3.8) is 0 Å². The molecular weight excluding hydrogens is 827 g/mol. The Kier molecular flexibility index (Phi) is 11.2. The van der Waals surface area contributed by atoms with E-state index in [0.29, 0.717) is 58.2 Å². The van der Waals surface area contributed by atoms with Crippen LogP contribution in [-0.4, -0.2) is 119 Å². The second-order valence-electron chi connectivity index (χ2n) is 17.2. The molecule has 4 fully saturated rings. The van der Waals surface area contributed by atoms with Gasteiger partial charge in [0.05, 0.1) is 51.7 Å². The minimum Gasteiger partial charge on any atom is -0.464 e. The van der Waals surface area contributed by atoms with E-state index in [1.165, 1.54) is 42.6 Å². The smallest absolute Gasteiger partial charge is 0.359 e. The van der Waals surface area contributed by atoms with E-state index in [9.17, 15) is 29.4 Å². The third-order valence-electron chi connectivity index (χ3n) is 12.3. The molecular formula is C49H47N9O7. The molecule has 4 aromatic heterocycles. The lowest BCUT2D eigenvalue weighted by molar-refractivity contribution is -0.138. The van der Waals surface area contributed by atoms with Crippen LogP contribution < -0.4 is 5.73 Å². The minimum atomic E-state index is -1.66. The third kappa shape index (κ3) is 8.54. The fourth-order valence-electron chi connectivity index (χ4n) is 8.29. The summed E-state index contributed by atoms with van der Waals surface area (Å²) >= 11 is 0. The van der Waals surface area contributed by atoms with Crippen molar-refractivity contribution >= 4 is 45.5 Å². The summed E-state index contributed by atoms with van der Waals surface area (Å²) in [5.41, 5.74) is 8.60. The van der Waals surface area contributed by atoms with E-state index in [4.69, 9.17) is 10.5 Å². The number of nitrogens with two attached hydrogens (primary N) is 1. The highest BCUT2D eigenvalue weighted by molar-refractivity contribution is 6.06. The molecule has 16 heteroatoms. The second-order valence-corrected chi connectivity index (χ2v) is 17.2. The Labute approximate surface area is 374 Å². The van der Waals surface area contributed by atoms with E-state index in [1.54, 1.807) is 54.1 Å². The van der Waals surface area contributed by atoms with Gasteiger partial charge in [-0.05, 0) is 98.9 Å². The zero-order chi connectivity index (χ0) is 45.6. The van der Waals surface area contributed by atoms with Gasteiger partial charge in [0.1, 0.15) is 0 Å². The van der Waals surface area contributed by atoms with E-state index in [-0.39, 0.29) is 36.0 Å². The molecule has 0 bridgehead atoms. The van der Waals surface area contributed by atoms with Gasteiger partial charge < -0.3 is 30.5 Å². The number of pyridine rings is 2. The Morgan fingerprint density at radius 2 is 1.17 bits per heavy atom. The SMILES string of the molecule is CN1CC[C@@](O)(C#Cc2cccc(-n3nc(C(N)=O)c4c(CC5CC5)nccc43)c2)C1=O.COC(=O)c1nn(-c2cccc(C#C[C@]3(O)CCN(C)C3=O)c2)c2ccnc(CC3CC3)c12. The normalized spacial score (nSPS) is 20.3. The summed E-state index contributed by atoms with van der Waals surface area (Å²) in [7, 11) is 4.64. The lowest BCUT2D eigenvalue weighted by Gasteiger charge is -2.13. The van der Waals surface area contributed by atoms with Gasteiger partial charge in [-0.2, -0.15) is 10.2 Å². The van der Waals surface area contributed by atoms with Crippen molar-refractivity contribution in [2.45, 2.75) is 62.6 Å². The van der Waals surface area contributed by atoms with Crippen LogP contribution in [0.5, 0.6) is 0 Å². The van der Waals surface area contributed by atoms with Crippen molar-refractivity contribution in [3.05, 3.63) is 107 Å². The lowest BCUT2D eigenvalue weighted by Crippen LogP contribution is -2.37. The largest absolute Gasteiger partial charge is 0.464 e. The van der Waals surface area contributed by atoms with Crippen LogP contribution in [0.2, 0.25) is 0 Å². The average Bonchev–Trinajstić information content (AvgIpc) is 4.20. The van der Waals surface area contributed by atoms with Crippen LogP contribution in [0, 0.1) is 35.5 Å². The van der Waals surface area contributed by atoms with E-state index >= 15 is 0 Å². The Balaban J connectivity index is 0.000000164. The van der Waals surface area contributed by atoms with Crippen molar-refractivity contribution in [2.24, 2.45) is 17.6 Å². The van der Waals surface area contributed by atoms with Crippen LogP contribution in [0.4, 0.5) is 0 Å². The maximum absolute atomic E-state index is 12.5. The fourth-order valence-corrected chi connectivity index (χ4v) is 8.29. The zero-order valence-corrected chi connectivity index (χ0v) is 36.2. The first-order chi connectivity index (χ1) is 31.2. The number of aromatic nitrogens is 6. The number of hydrogen-bond donors (Lipinski definition) is 3. The second kappa shape index (κ2) is 17.0. The number of likely N-dealkylation sites (N-methyl/N-ethyl adjacent to an activating group) is 2. The number of amides is 3. The molecule has 2 saturated heterocycles. The van der Waals surface area contributed by atoms with E-state index in [0.717, 1.165) is 35.3 Å². The Morgan fingerprint density at radius 3 is 1.57 bits per heavy atom. The number of likely N-dealkylation sites (tertiary alicyclic amines) is 2. The standard InChI is InChI=1S/C25H24N4O4.C24H23N5O3/c1-28-13-11-25(32,24(28)31)10-8-16-4-3-5-18(14-16)29-20-9-12-26-19(15-17-6-7-17)21(20)22(27-29)23(30)33-2;1-28-12-10-24(32,23(28)31)9-7-15-3-2-4-17(13-15)29-19-8-11-26-18(14-16-5-6-16)20(19)21(27-29)22(25)30/h3-5,9,12,14,17,32H,6-7,11,13,15H2,1-2H3;2-4,8,11,13,16,32H,5-6,10,12,14H2,1H3,(H2,25,30)/t25-;24-/m00/s1. The molecule has 6 aromatic rings. The number of fused-ring (bicyclic) bond motifs is 2. The number of methoxy groups -OCH3 is 1. The molecule has 4 N–H and O–H groups in total. The Morgan fingerprint density at radius 1 is 0.723 bits per heavy atom. The number of nitrogens with zero attached hydrogens (tertiary/aromatic N) is 8. The molecule has 4 aliphatic rings.